The van der Waals surface area contributed by atoms with Crippen LogP contribution in [-0.4, -0.2) is 95.8 Å². The fourth-order valence-electron chi connectivity index (χ4n) is 4.03. The molecule has 3 rings (SSSR count). The molecular weight excluding hydrogens is 346 g/mol. The summed E-state index contributed by atoms with van der Waals surface area (Å²) >= 11 is 0. The van der Waals surface area contributed by atoms with Crippen LogP contribution in [0.25, 0.3) is 0 Å². The van der Waals surface area contributed by atoms with Gasteiger partial charge in [0.05, 0.1) is 5.56 Å². The van der Waals surface area contributed by atoms with Crippen molar-refractivity contribution in [2.75, 3.05) is 53.4 Å². The van der Waals surface area contributed by atoms with Crippen molar-refractivity contribution < 1.29 is 14.4 Å². The van der Waals surface area contributed by atoms with Crippen LogP contribution in [0.5, 0.6) is 0 Å². The Morgan fingerprint density at radius 3 is 2.48 bits per heavy atom. The smallest absolute Gasteiger partial charge is 0.319 e. The lowest BCUT2D eigenvalue weighted by atomic mass is 9.86. The highest BCUT2D eigenvalue weighted by Gasteiger charge is 2.47. The van der Waals surface area contributed by atoms with Crippen molar-refractivity contribution in [3.8, 4) is 0 Å². The molecule has 0 bridgehead atoms. The van der Waals surface area contributed by atoms with Gasteiger partial charge in [0, 0.05) is 77.6 Å². The number of rotatable bonds is 2. The van der Waals surface area contributed by atoms with Gasteiger partial charge >= 0.3 is 6.03 Å². The lowest BCUT2D eigenvalue weighted by Gasteiger charge is -2.34. The molecule has 2 aliphatic heterocycles. The number of urea groups is 1. The highest BCUT2D eigenvalue weighted by molar-refractivity contribution is 5.94. The third-order valence-electron chi connectivity index (χ3n) is 5.33. The first-order valence-electron chi connectivity index (χ1n) is 9.28. The topological polar surface area (TPSA) is 77.1 Å². The third kappa shape index (κ3) is 3.89. The highest BCUT2D eigenvalue weighted by Crippen LogP contribution is 2.35. The molecule has 1 aromatic heterocycles. The van der Waals surface area contributed by atoms with Crippen molar-refractivity contribution in [2.24, 2.45) is 5.41 Å². The number of carbonyl (C=O) groups excluding carboxylic acids is 3. The molecule has 3 heterocycles. The summed E-state index contributed by atoms with van der Waals surface area (Å²) in [6, 6.07) is 3.39. The Kier molecular flexibility index (Phi) is 5.34. The summed E-state index contributed by atoms with van der Waals surface area (Å²) in [5.74, 6) is -0.0190. The lowest BCUT2D eigenvalue weighted by Crippen LogP contribution is -2.47. The van der Waals surface area contributed by atoms with Crippen molar-refractivity contribution in [3.05, 3.63) is 30.1 Å². The summed E-state index contributed by atoms with van der Waals surface area (Å²) in [5.41, 5.74) is 0.0874. The first-order chi connectivity index (χ1) is 12.8. The van der Waals surface area contributed by atoms with Crippen LogP contribution >= 0.6 is 0 Å². The molecule has 0 aromatic carbocycles. The van der Waals surface area contributed by atoms with E-state index in [9.17, 15) is 14.4 Å². The molecule has 8 nitrogen and oxygen atoms in total. The maximum absolute atomic E-state index is 13.0. The van der Waals surface area contributed by atoms with Gasteiger partial charge in [0.1, 0.15) is 0 Å². The summed E-state index contributed by atoms with van der Waals surface area (Å²) in [5, 5.41) is 0. The first-order valence-corrected chi connectivity index (χ1v) is 9.28. The monoisotopic (exact) mass is 373 g/mol. The molecule has 1 spiro atoms. The second-order valence-corrected chi connectivity index (χ2v) is 7.65. The molecule has 146 valence electrons. The van der Waals surface area contributed by atoms with Crippen LogP contribution in [0.15, 0.2) is 24.5 Å². The zero-order valence-electron chi connectivity index (χ0n) is 16.2. The second kappa shape index (κ2) is 7.54. The molecule has 1 aromatic rings. The number of hydrogen-bond donors (Lipinski definition) is 0. The van der Waals surface area contributed by atoms with Gasteiger partial charge in [-0.3, -0.25) is 14.6 Å². The second-order valence-electron chi connectivity index (χ2n) is 7.65. The molecule has 4 amide bonds. The minimum atomic E-state index is -0.437. The number of pyridine rings is 1. The minimum Gasteiger partial charge on any atom is -0.342 e. The number of nitrogens with zero attached hydrogens (tertiary/aromatic N) is 5. The van der Waals surface area contributed by atoms with Gasteiger partial charge in [-0.2, -0.15) is 0 Å². The van der Waals surface area contributed by atoms with Gasteiger partial charge in [-0.25, -0.2) is 4.79 Å². The van der Waals surface area contributed by atoms with Gasteiger partial charge in [-0.1, -0.05) is 0 Å². The van der Waals surface area contributed by atoms with Gasteiger partial charge < -0.3 is 19.6 Å². The quantitative estimate of drug-likeness (QED) is 0.767. The number of amides is 4. The Hall–Kier alpha value is -2.64. The summed E-state index contributed by atoms with van der Waals surface area (Å²) < 4.78 is 0. The fourth-order valence-corrected chi connectivity index (χ4v) is 4.03. The molecule has 0 N–H and O–H groups in total. The Bertz CT molecular complexity index is 723. The van der Waals surface area contributed by atoms with Gasteiger partial charge in [-0.15, -0.1) is 0 Å². The van der Waals surface area contributed by atoms with E-state index < -0.39 is 5.41 Å². The average molecular weight is 373 g/mol. The van der Waals surface area contributed by atoms with E-state index in [1.165, 1.54) is 0 Å². The normalized spacial score (nSPS) is 22.9. The molecule has 27 heavy (non-hydrogen) atoms. The average Bonchev–Trinajstić information content (AvgIpc) is 2.86. The van der Waals surface area contributed by atoms with Crippen molar-refractivity contribution in [1.82, 2.24) is 24.6 Å². The molecule has 1 atom stereocenters. The molecule has 0 radical (unpaired) electrons. The van der Waals surface area contributed by atoms with Crippen LogP contribution in [0.4, 0.5) is 4.79 Å². The number of likely N-dealkylation sites (tertiary alicyclic amines) is 1. The van der Waals surface area contributed by atoms with E-state index in [0.29, 0.717) is 51.3 Å². The van der Waals surface area contributed by atoms with E-state index in [4.69, 9.17) is 0 Å². The summed E-state index contributed by atoms with van der Waals surface area (Å²) in [6.45, 7) is 4.98. The van der Waals surface area contributed by atoms with E-state index in [2.05, 4.69) is 4.98 Å². The number of hydrogen-bond acceptors (Lipinski definition) is 4. The zero-order valence-corrected chi connectivity index (χ0v) is 16.2. The van der Waals surface area contributed by atoms with E-state index in [-0.39, 0.29) is 17.8 Å². The SMILES string of the molecule is CCN1C[C@]2(CC1=O)CN(C(=O)c1cccnc1)CCN(C(=O)N(C)C)C2. The number of aromatic nitrogens is 1. The van der Waals surface area contributed by atoms with Crippen molar-refractivity contribution in [1.29, 1.82) is 0 Å². The maximum atomic E-state index is 13.0. The van der Waals surface area contributed by atoms with E-state index >= 15 is 0 Å². The van der Waals surface area contributed by atoms with E-state index in [1.54, 1.807) is 53.3 Å². The van der Waals surface area contributed by atoms with Crippen LogP contribution in [0.3, 0.4) is 0 Å². The first kappa shape index (κ1) is 19.1. The van der Waals surface area contributed by atoms with Crippen LogP contribution in [0.1, 0.15) is 23.7 Å². The van der Waals surface area contributed by atoms with Crippen LogP contribution < -0.4 is 0 Å². The Morgan fingerprint density at radius 2 is 1.89 bits per heavy atom. The zero-order chi connectivity index (χ0) is 19.6. The molecule has 0 unspecified atom stereocenters. The molecule has 2 fully saturated rings. The van der Waals surface area contributed by atoms with Crippen LogP contribution in [0.2, 0.25) is 0 Å². The van der Waals surface area contributed by atoms with Crippen molar-refractivity contribution in [2.45, 2.75) is 13.3 Å². The molecule has 8 heteroatoms. The van der Waals surface area contributed by atoms with Crippen LogP contribution in [0, 0.1) is 5.41 Å². The van der Waals surface area contributed by atoms with Crippen molar-refractivity contribution in [3.63, 3.8) is 0 Å². The summed E-state index contributed by atoms with van der Waals surface area (Å²) in [4.78, 5) is 49.0. The number of carbonyl (C=O) groups is 3. The van der Waals surface area contributed by atoms with Crippen molar-refractivity contribution >= 4 is 17.8 Å². The van der Waals surface area contributed by atoms with Crippen LogP contribution in [-0.2, 0) is 4.79 Å². The predicted molar refractivity (Wildman–Crippen MR) is 100 cm³/mol. The Labute approximate surface area is 159 Å². The molecule has 2 aliphatic rings. The van der Waals surface area contributed by atoms with E-state index in [1.807, 2.05) is 11.8 Å². The summed E-state index contributed by atoms with van der Waals surface area (Å²) in [6.07, 6.45) is 3.54. The maximum Gasteiger partial charge on any atom is 0.319 e. The largest absolute Gasteiger partial charge is 0.342 e. The van der Waals surface area contributed by atoms with Gasteiger partial charge in [0.2, 0.25) is 5.91 Å². The lowest BCUT2D eigenvalue weighted by molar-refractivity contribution is -0.127. The van der Waals surface area contributed by atoms with Gasteiger partial charge in [-0.05, 0) is 19.1 Å². The Balaban J connectivity index is 1.89. The van der Waals surface area contributed by atoms with Gasteiger partial charge in [0.25, 0.3) is 5.91 Å². The standard InChI is InChI=1S/C19H27N5O3/c1-4-22-12-19(10-16(22)25)13-23(17(26)15-6-5-7-20-11-15)8-9-24(14-19)18(27)21(2)3/h5-7,11H,4,8-10,12-14H2,1-3H3/t19-/m1/s1. The van der Waals surface area contributed by atoms with E-state index in [0.717, 1.165) is 0 Å². The summed E-state index contributed by atoms with van der Waals surface area (Å²) in [7, 11) is 3.44. The highest BCUT2D eigenvalue weighted by atomic mass is 16.2. The predicted octanol–water partition coefficient (Wildman–Crippen LogP) is 0.760. The molecular formula is C19H27N5O3. The fraction of sp³-hybridized carbons (Fsp3) is 0.579. The molecule has 0 saturated carbocycles. The molecule has 0 aliphatic carbocycles. The molecule has 2 saturated heterocycles. The minimum absolute atomic E-state index is 0.0884. The Morgan fingerprint density at radius 1 is 1.19 bits per heavy atom. The van der Waals surface area contributed by atoms with Gasteiger partial charge in [0.15, 0.2) is 0 Å². The third-order valence-corrected chi connectivity index (χ3v) is 5.33.